The summed E-state index contributed by atoms with van der Waals surface area (Å²) >= 11 is 0. The highest BCUT2D eigenvalue weighted by Gasteiger charge is 2.28. The van der Waals surface area contributed by atoms with Gasteiger partial charge in [-0.2, -0.15) is 0 Å². The first-order valence-corrected chi connectivity index (χ1v) is 7.39. The minimum Gasteiger partial charge on any atom is -0.332 e. The summed E-state index contributed by atoms with van der Waals surface area (Å²) in [6.45, 7) is 7.22. The smallest absolute Gasteiger partial charge is 0.316 e. The van der Waals surface area contributed by atoms with E-state index in [1.165, 1.54) is 0 Å². The lowest BCUT2D eigenvalue weighted by Gasteiger charge is -2.33. The Balaban J connectivity index is 2.11. The maximum Gasteiger partial charge on any atom is 0.316 e. The summed E-state index contributed by atoms with van der Waals surface area (Å²) < 4.78 is 0. The van der Waals surface area contributed by atoms with Crippen LogP contribution >= 0.6 is 0 Å². The van der Waals surface area contributed by atoms with Crippen LogP contribution < -0.4 is 4.90 Å². The molecule has 0 saturated carbocycles. The van der Waals surface area contributed by atoms with Crippen LogP contribution in [0.15, 0.2) is 24.3 Å². The average Bonchev–Trinajstić information content (AvgIpc) is 2.48. The molecular formula is C16H23N3O2. The van der Waals surface area contributed by atoms with Crippen molar-refractivity contribution in [2.45, 2.75) is 13.8 Å². The van der Waals surface area contributed by atoms with E-state index in [-0.39, 0.29) is 0 Å². The van der Waals surface area contributed by atoms with Gasteiger partial charge < -0.3 is 14.7 Å². The summed E-state index contributed by atoms with van der Waals surface area (Å²) in [6.07, 6.45) is 0. The third-order valence-corrected chi connectivity index (χ3v) is 3.85. The van der Waals surface area contributed by atoms with Crippen LogP contribution in [0.5, 0.6) is 0 Å². The molecule has 0 bridgehead atoms. The zero-order chi connectivity index (χ0) is 15.4. The van der Waals surface area contributed by atoms with Crippen molar-refractivity contribution in [2.24, 2.45) is 0 Å². The fourth-order valence-electron chi connectivity index (χ4n) is 2.50. The number of amides is 2. The fraction of sp³-hybridized carbons (Fsp3) is 0.500. The molecule has 0 radical (unpaired) electrons. The molecule has 21 heavy (non-hydrogen) atoms. The zero-order valence-electron chi connectivity index (χ0n) is 13.0. The van der Waals surface area contributed by atoms with Crippen molar-refractivity contribution in [1.82, 2.24) is 9.80 Å². The Bertz CT molecular complexity index is 522. The lowest BCUT2D eigenvalue weighted by molar-refractivity contribution is -0.145. The van der Waals surface area contributed by atoms with Crippen molar-refractivity contribution in [3.63, 3.8) is 0 Å². The largest absolute Gasteiger partial charge is 0.332 e. The summed E-state index contributed by atoms with van der Waals surface area (Å²) in [7, 11) is 2.02. The van der Waals surface area contributed by atoms with Gasteiger partial charge in [-0.15, -0.1) is 0 Å². The molecule has 1 heterocycles. The lowest BCUT2D eigenvalue weighted by atomic mass is 10.2. The summed E-state index contributed by atoms with van der Waals surface area (Å²) in [6, 6.07) is 7.68. The highest BCUT2D eigenvalue weighted by atomic mass is 16.2. The van der Waals surface area contributed by atoms with E-state index < -0.39 is 11.8 Å². The number of rotatable bonds is 2. The molecule has 1 saturated heterocycles. The SMILES string of the molecule is CCN(C(=O)C(=O)N1CCN(C)CC1)c1cccc(C)c1. The summed E-state index contributed by atoms with van der Waals surface area (Å²) in [4.78, 5) is 30.2. The van der Waals surface area contributed by atoms with Crippen molar-refractivity contribution in [3.8, 4) is 0 Å². The number of hydrogen-bond donors (Lipinski definition) is 0. The summed E-state index contributed by atoms with van der Waals surface area (Å²) in [5, 5.41) is 0. The Morgan fingerprint density at radius 1 is 1.19 bits per heavy atom. The average molecular weight is 289 g/mol. The first-order chi connectivity index (χ1) is 10.0. The molecule has 0 unspecified atom stereocenters. The Hall–Kier alpha value is -1.88. The van der Waals surface area contributed by atoms with Crippen LogP contribution in [0.3, 0.4) is 0 Å². The molecule has 0 spiro atoms. The number of hydrogen-bond acceptors (Lipinski definition) is 3. The van der Waals surface area contributed by atoms with Crippen molar-refractivity contribution in [2.75, 3.05) is 44.7 Å². The van der Waals surface area contributed by atoms with E-state index in [2.05, 4.69) is 4.90 Å². The highest BCUT2D eigenvalue weighted by molar-refractivity contribution is 6.40. The Kier molecular flexibility index (Phi) is 4.96. The van der Waals surface area contributed by atoms with Crippen molar-refractivity contribution >= 4 is 17.5 Å². The second-order valence-corrected chi connectivity index (χ2v) is 5.48. The molecule has 2 amide bonds. The van der Waals surface area contributed by atoms with E-state index in [1.807, 2.05) is 45.2 Å². The Morgan fingerprint density at radius 3 is 2.43 bits per heavy atom. The van der Waals surface area contributed by atoms with Gasteiger partial charge in [0.1, 0.15) is 0 Å². The van der Waals surface area contributed by atoms with Gasteiger partial charge in [0.15, 0.2) is 0 Å². The third kappa shape index (κ3) is 3.61. The molecule has 0 aromatic heterocycles. The van der Waals surface area contributed by atoms with Crippen LogP contribution in [0.1, 0.15) is 12.5 Å². The van der Waals surface area contributed by atoms with Gasteiger partial charge in [-0.3, -0.25) is 9.59 Å². The monoisotopic (exact) mass is 289 g/mol. The number of likely N-dealkylation sites (N-methyl/N-ethyl adjacent to an activating group) is 2. The summed E-state index contributed by atoms with van der Waals surface area (Å²) in [5.74, 6) is -0.834. The molecule has 1 aromatic rings. The van der Waals surface area contributed by atoms with Gasteiger partial charge >= 0.3 is 11.8 Å². The van der Waals surface area contributed by atoms with Gasteiger partial charge in [0, 0.05) is 38.4 Å². The molecule has 0 atom stereocenters. The van der Waals surface area contributed by atoms with Gasteiger partial charge in [0.05, 0.1) is 0 Å². The molecule has 2 rings (SSSR count). The number of carbonyl (C=O) groups excluding carboxylic acids is 2. The number of piperazine rings is 1. The van der Waals surface area contributed by atoms with Gasteiger partial charge in [-0.1, -0.05) is 12.1 Å². The molecule has 1 aliphatic heterocycles. The Labute approximate surface area is 126 Å². The topological polar surface area (TPSA) is 43.9 Å². The van der Waals surface area contributed by atoms with Crippen LogP contribution in [0.4, 0.5) is 5.69 Å². The van der Waals surface area contributed by atoms with Crippen molar-refractivity contribution in [1.29, 1.82) is 0 Å². The molecule has 5 nitrogen and oxygen atoms in total. The number of benzene rings is 1. The standard InChI is InChI=1S/C16H23N3O2/c1-4-19(14-7-5-6-13(2)12-14)16(21)15(20)18-10-8-17(3)9-11-18/h5-7,12H,4,8-11H2,1-3H3. The Morgan fingerprint density at radius 2 is 1.86 bits per heavy atom. The van der Waals surface area contributed by atoms with Gasteiger partial charge in [0.2, 0.25) is 0 Å². The second-order valence-electron chi connectivity index (χ2n) is 5.48. The lowest BCUT2D eigenvalue weighted by Crippen LogP contribution is -2.52. The highest BCUT2D eigenvalue weighted by Crippen LogP contribution is 2.16. The first kappa shape index (κ1) is 15.5. The van der Waals surface area contributed by atoms with Crippen LogP contribution in [0.2, 0.25) is 0 Å². The predicted octanol–water partition coefficient (Wildman–Crippen LogP) is 1.12. The van der Waals surface area contributed by atoms with Crippen LogP contribution in [0, 0.1) is 6.92 Å². The van der Waals surface area contributed by atoms with E-state index >= 15 is 0 Å². The maximum atomic E-state index is 12.5. The number of carbonyl (C=O) groups is 2. The number of anilines is 1. The first-order valence-electron chi connectivity index (χ1n) is 7.39. The minimum atomic E-state index is -0.437. The molecule has 1 aliphatic rings. The molecule has 0 N–H and O–H groups in total. The predicted molar refractivity (Wildman–Crippen MR) is 83.3 cm³/mol. The minimum absolute atomic E-state index is 0.397. The maximum absolute atomic E-state index is 12.5. The molecule has 0 aliphatic carbocycles. The quantitative estimate of drug-likeness (QED) is 0.766. The fourth-order valence-corrected chi connectivity index (χ4v) is 2.50. The second kappa shape index (κ2) is 6.72. The van der Waals surface area contributed by atoms with Crippen LogP contribution in [-0.2, 0) is 9.59 Å². The van der Waals surface area contributed by atoms with E-state index in [1.54, 1.807) is 9.80 Å². The number of nitrogens with zero attached hydrogens (tertiary/aromatic N) is 3. The van der Waals surface area contributed by atoms with E-state index in [0.29, 0.717) is 19.6 Å². The van der Waals surface area contributed by atoms with Crippen molar-refractivity contribution in [3.05, 3.63) is 29.8 Å². The van der Waals surface area contributed by atoms with E-state index in [4.69, 9.17) is 0 Å². The normalized spacial score (nSPS) is 15.9. The molecule has 1 aromatic carbocycles. The van der Waals surface area contributed by atoms with E-state index in [9.17, 15) is 9.59 Å². The van der Waals surface area contributed by atoms with Crippen LogP contribution in [0.25, 0.3) is 0 Å². The third-order valence-electron chi connectivity index (χ3n) is 3.85. The van der Waals surface area contributed by atoms with Gasteiger partial charge in [-0.25, -0.2) is 0 Å². The van der Waals surface area contributed by atoms with Gasteiger partial charge in [0.25, 0.3) is 0 Å². The number of aryl methyl sites for hydroxylation is 1. The van der Waals surface area contributed by atoms with Gasteiger partial charge in [-0.05, 0) is 38.6 Å². The molecular weight excluding hydrogens is 266 g/mol. The molecule has 5 heteroatoms. The zero-order valence-corrected chi connectivity index (χ0v) is 13.0. The van der Waals surface area contributed by atoms with Crippen molar-refractivity contribution < 1.29 is 9.59 Å². The molecule has 114 valence electrons. The summed E-state index contributed by atoms with van der Waals surface area (Å²) in [5.41, 5.74) is 1.86. The van der Waals surface area contributed by atoms with Crippen LogP contribution in [-0.4, -0.2) is 61.4 Å². The molecule has 1 fully saturated rings. The van der Waals surface area contributed by atoms with E-state index in [0.717, 1.165) is 24.3 Å².